The van der Waals surface area contributed by atoms with Gasteiger partial charge in [0.2, 0.25) is 0 Å². The fourth-order valence-corrected chi connectivity index (χ4v) is 4.48. The van der Waals surface area contributed by atoms with Crippen molar-refractivity contribution in [3.63, 3.8) is 0 Å². The van der Waals surface area contributed by atoms with Crippen LogP contribution in [0, 0.1) is 13.8 Å². The van der Waals surface area contributed by atoms with Crippen LogP contribution >= 0.6 is 27.7 Å². The highest BCUT2D eigenvalue weighted by Crippen LogP contribution is 2.34. The number of amides is 3. The maximum absolute atomic E-state index is 12.5. The number of rotatable bonds is 8. The molecule has 2 aromatic carbocycles. The van der Waals surface area contributed by atoms with Gasteiger partial charge in [0, 0.05) is 4.47 Å². The number of carbonyl (C=O) groups excluding carboxylic acids is 4. The molecule has 3 amide bonds. The third kappa shape index (κ3) is 6.43. The zero-order chi connectivity index (χ0) is 25.7. The van der Waals surface area contributed by atoms with Gasteiger partial charge in [-0.25, -0.2) is 0 Å². The molecule has 0 aliphatic carbocycles. The SMILES string of the molecule is COC(=O)CN1C(=O)S/C(=C\c2ccc(OCC(=O)Nc3cc(C)c(C)cc3Br)c(OC)c2)C1=O. The van der Waals surface area contributed by atoms with Gasteiger partial charge in [0.1, 0.15) is 6.54 Å². The van der Waals surface area contributed by atoms with Crippen LogP contribution in [0.2, 0.25) is 0 Å². The first-order valence-electron chi connectivity index (χ1n) is 10.3. The Morgan fingerprint density at radius 3 is 2.49 bits per heavy atom. The van der Waals surface area contributed by atoms with E-state index >= 15 is 0 Å². The van der Waals surface area contributed by atoms with E-state index in [0.29, 0.717) is 22.7 Å². The summed E-state index contributed by atoms with van der Waals surface area (Å²) < 4.78 is 16.3. The van der Waals surface area contributed by atoms with Crippen molar-refractivity contribution in [2.24, 2.45) is 0 Å². The third-order valence-electron chi connectivity index (χ3n) is 5.09. The number of aryl methyl sites for hydroxylation is 2. The number of esters is 1. The maximum atomic E-state index is 12.5. The molecule has 3 rings (SSSR count). The number of thioether (sulfide) groups is 1. The molecule has 1 N–H and O–H groups in total. The number of anilines is 1. The average Bonchev–Trinajstić information content (AvgIpc) is 3.08. The number of nitrogens with one attached hydrogen (secondary N) is 1. The van der Waals surface area contributed by atoms with Crippen molar-refractivity contribution in [3.8, 4) is 11.5 Å². The lowest BCUT2D eigenvalue weighted by molar-refractivity contribution is -0.143. The molecule has 0 atom stereocenters. The topological polar surface area (TPSA) is 111 Å². The quantitative estimate of drug-likeness (QED) is 0.374. The largest absolute Gasteiger partial charge is 0.493 e. The predicted molar refractivity (Wildman–Crippen MR) is 135 cm³/mol. The Morgan fingerprint density at radius 1 is 1.09 bits per heavy atom. The van der Waals surface area contributed by atoms with Gasteiger partial charge < -0.3 is 19.5 Å². The Hall–Kier alpha value is -3.31. The van der Waals surface area contributed by atoms with Crippen LogP contribution in [0.4, 0.5) is 10.5 Å². The molecular weight excluding hydrogens is 540 g/mol. The normalized spacial score (nSPS) is 14.3. The number of ether oxygens (including phenoxy) is 3. The molecule has 0 aromatic heterocycles. The van der Waals surface area contributed by atoms with Crippen LogP contribution in [-0.2, 0) is 19.1 Å². The summed E-state index contributed by atoms with van der Waals surface area (Å²) in [6.07, 6.45) is 1.51. The van der Waals surface area contributed by atoms with Gasteiger partial charge in [-0.1, -0.05) is 6.07 Å². The van der Waals surface area contributed by atoms with E-state index in [9.17, 15) is 19.2 Å². The Kier molecular flexibility index (Phi) is 8.57. The highest BCUT2D eigenvalue weighted by atomic mass is 79.9. The summed E-state index contributed by atoms with van der Waals surface area (Å²) in [6.45, 7) is 3.25. The molecule has 1 aliphatic heterocycles. The minimum Gasteiger partial charge on any atom is -0.493 e. The molecule has 184 valence electrons. The van der Waals surface area contributed by atoms with Gasteiger partial charge in [-0.05, 0) is 88.6 Å². The van der Waals surface area contributed by atoms with Crippen LogP contribution in [0.1, 0.15) is 16.7 Å². The van der Waals surface area contributed by atoms with Crippen LogP contribution in [0.3, 0.4) is 0 Å². The van der Waals surface area contributed by atoms with Crippen molar-refractivity contribution in [1.29, 1.82) is 0 Å². The van der Waals surface area contributed by atoms with Crippen LogP contribution in [0.15, 0.2) is 39.7 Å². The van der Waals surface area contributed by atoms with Gasteiger partial charge in [0.25, 0.3) is 17.1 Å². The summed E-state index contributed by atoms with van der Waals surface area (Å²) >= 11 is 4.17. The second-order valence-electron chi connectivity index (χ2n) is 7.51. The monoisotopic (exact) mass is 562 g/mol. The van der Waals surface area contributed by atoms with Gasteiger partial charge >= 0.3 is 5.97 Å². The fraction of sp³-hybridized carbons (Fsp3) is 0.250. The number of methoxy groups -OCH3 is 2. The minimum absolute atomic E-state index is 0.160. The number of nitrogens with zero attached hydrogens (tertiary/aromatic N) is 1. The predicted octanol–water partition coefficient (Wildman–Crippen LogP) is 4.30. The van der Waals surface area contributed by atoms with Crippen LogP contribution in [0.25, 0.3) is 6.08 Å². The molecule has 0 radical (unpaired) electrons. The number of hydrogen-bond acceptors (Lipinski definition) is 8. The molecule has 0 saturated carbocycles. The minimum atomic E-state index is -0.689. The number of benzene rings is 2. The molecule has 35 heavy (non-hydrogen) atoms. The second kappa shape index (κ2) is 11.4. The van der Waals surface area contributed by atoms with Crippen LogP contribution in [-0.4, -0.2) is 55.3 Å². The molecule has 0 unspecified atom stereocenters. The standard InChI is InChI=1S/C24H23BrN2O7S/c1-13-7-16(25)17(8-14(13)2)26-21(28)12-34-18-6-5-15(9-19(18)32-3)10-20-23(30)27(24(31)35-20)11-22(29)33-4/h5-10H,11-12H2,1-4H3,(H,26,28)/b20-10-. The number of imide groups is 1. The maximum Gasteiger partial charge on any atom is 0.325 e. The average molecular weight is 563 g/mol. The lowest BCUT2D eigenvalue weighted by atomic mass is 10.1. The van der Waals surface area contributed by atoms with Gasteiger partial charge in [-0.3, -0.25) is 24.1 Å². The molecule has 1 saturated heterocycles. The first-order valence-corrected chi connectivity index (χ1v) is 11.9. The zero-order valence-corrected chi connectivity index (χ0v) is 21.9. The molecule has 1 fully saturated rings. The molecule has 0 bridgehead atoms. The molecule has 11 heteroatoms. The van der Waals surface area contributed by atoms with E-state index in [-0.39, 0.29) is 17.4 Å². The van der Waals surface area contributed by atoms with E-state index in [1.54, 1.807) is 18.2 Å². The van der Waals surface area contributed by atoms with Gasteiger partial charge in [-0.2, -0.15) is 0 Å². The Balaban J connectivity index is 1.68. The number of halogens is 1. The lowest BCUT2D eigenvalue weighted by Crippen LogP contribution is -2.34. The molecule has 1 aliphatic rings. The third-order valence-corrected chi connectivity index (χ3v) is 6.65. The lowest BCUT2D eigenvalue weighted by Gasteiger charge is -2.13. The molecule has 9 nitrogen and oxygen atoms in total. The first-order chi connectivity index (χ1) is 16.6. The van der Waals surface area contributed by atoms with Crippen molar-refractivity contribution in [2.75, 3.05) is 32.7 Å². The summed E-state index contributed by atoms with van der Waals surface area (Å²) in [7, 11) is 2.63. The van der Waals surface area contributed by atoms with Gasteiger partial charge in [0.05, 0.1) is 24.8 Å². The summed E-state index contributed by atoms with van der Waals surface area (Å²) in [6, 6.07) is 8.67. The molecule has 2 aromatic rings. The zero-order valence-electron chi connectivity index (χ0n) is 19.5. The van der Waals surface area contributed by atoms with E-state index in [0.717, 1.165) is 32.3 Å². The smallest absolute Gasteiger partial charge is 0.325 e. The van der Waals surface area contributed by atoms with E-state index in [1.165, 1.54) is 20.3 Å². The van der Waals surface area contributed by atoms with E-state index in [2.05, 4.69) is 26.0 Å². The number of carbonyl (C=O) groups is 4. The van der Waals surface area contributed by atoms with Crippen molar-refractivity contribution >= 4 is 62.5 Å². The number of hydrogen-bond donors (Lipinski definition) is 1. The fourth-order valence-electron chi connectivity index (χ4n) is 3.08. The Labute approximate surface area is 214 Å². The van der Waals surface area contributed by atoms with Crippen molar-refractivity contribution in [3.05, 3.63) is 56.4 Å². The van der Waals surface area contributed by atoms with Crippen LogP contribution in [0.5, 0.6) is 11.5 Å². The highest BCUT2D eigenvalue weighted by Gasteiger charge is 2.36. The van der Waals surface area contributed by atoms with E-state index in [4.69, 9.17) is 9.47 Å². The summed E-state index contributed by atoms with van der Waals surface area (Å²) in [5.41, 5.74) is 3.36. The van der Waals surface area contributed by atoms with Crippen molar-refractivity contribution in [1.82, 2.24) is 4.90 Å². The highest BCUT2D eigenvalue weighted by molar-refractivity contribution is 9.10. The first kappa shape index (κ1) is 26.3. The van der Waals surface area contributed by atoms with Crippen molar-refractivity contribution in [2.45, 2.75) is 13.8 Å². The molecule has 1 heterocycles. The second-order valence-corrected chi connectivity index (χ2v) is 9.35. The van der Waals surface area contributed by atoms with Gasteiger partial charge in [0.15, 0.2) is 18.1 Å². The van der Waals surface area contributed by atoms with Crippen LogP contribution < -0.4 is 14.8 Å². The van der Waals surface area contributed by atoms with E-state index in [1.807, 2.05) is 26.0 Å². The van der Waals surface area contributed by atoms with Gasteiger partial charge in [-0.15, -0.1) is 0 Å². The molecule has 0 spiro atoms. The summed E-state index contributed by atoms with van der Waals surface area (Å²) in [5.74, 6) is -0.950. The summed E-state index contributed by atoms with van der Waals surface area (Å²) in [5, 5.41) is 2.25. The Morgan fingerprint density at radius 2 is 1.80 bits per heavy atom. The Bertz CT molecular complexity index is 1230. The summed E-state index contributed by atoms with van der Waals surface area (Å²) in [4.78, 5) is 49.4. The van der Waals surface area contributed by atoms with E-state index < -0.39 is 23.7 Å². The molecular formula is C24H23BrN2O7S. The van der Waals surface area contributed by atoms with Crippen molar-refractivity contribution < 1.29 is 33.4 Å².